The highest BCUT2D eigenvalue weighted by molar-refractivity contribution is 7.81. The molecule has 0 saturated heterocycles. The van der Waals surface area contributed by atoms with Crippen LogP contribution in [0.2, 0.25) is 0 Å². The van der Waals surface area contributed by atoms with Gasteiger partial charge in [-0.05, 0) is 25.0 Å². The molecule has 0 aliphatic rings. The number of rotatable bonds is 28. The molecule has 0 bridgehead atoms. The molecule has 0 saturated carbocycles. The van der Waals surface area contributed by atoms with E-state index in [1.807, 2.05) is 0 Å². The average Bonchev–Trinajstić information content (AvgIpc) is 2.80. The van der Waals surface area contributed by atoms with E-state index in [-0.39, 0.29) is 0 Å². The Hall–Kier alpha value is 0.700. The highest BCUT2D eigenvalue weighted by Crippen LogP contribution is 2.19. The van der Waals surface area contributed by atoms with Crippen LogP contribution < -0.4 is 0 Å². The zero-order chi connectivity index (χ0) is 23.4. The first-order chi connectivity index (χ1) is 15.8. The van der Waals surface area contributed by atoms with Crippen LogP contribution in [0.4, 0.5) is 0 Å². The minimum atomic E-state index is 0.656. The van der Waals surface area contributed by atoms with Crippen molar-refractivity contribution in [3.63, 3.8) is 0 Å². The number of thiol groups is 2. The van der Waals surface area contributed by atoms with Gasteiger partial charge in [0.25, 0.3) is 0 Å². The van der Waals surface area contributed by atoms with E-state index < -0.39 is 0 Å². The minimum absolute atomic E-state index is 0.656. The maximum atomic E-state index is 4.85. The summed E-state index contributed by atoms with van der Waals surface area (Å²) in [6.45, 7) is 2.30. The van der Waals surface area contributed by atoms with E-state index in [9.17, 15) is 0 Å². The van der Waals surface area contributed by atoms with Gasteiger partial charge < -0.3 is 0 Å². The molecule has 0 aromatic rings. The van der Waals surface area contributed by atoms with Gasteiger partial charge in [0.1, 0.15) is 0 Å². The summed E-state index contributed by atoms with van der Waals surface area (Å²) in [5.74, 6) is 1.06. The van der Waals surface area contributed by atoms with Gasteiger partial charge >= 0.3 is 0 Å². The van der Waals surface area contributed by atoms with Crippen LogP contribution in [0.5, 0.6) is 0 Å². The van der Waals surface area contributed by atoms with E-state index in [2.05, 4.69) is 19.6 Å². The lowest BCUT2D eigenvalue weighted by atomic mass is 10.0. The predicted octanol–water partition coefficient (Wildman–Crippen LogP) is 11.8. The topological polar surface area (TPSA) is 0 Å². The lowest BCUT2D eigenvalue weighted by Gasteiger charge is -2.10. The summed E-state index contributed by atoms with van der Waals surface area (Å²) in [4.78, 5) is 0. The Morgan fingerprint density at radius 2 is 0.625 bits per heavy atom. The molecule has 32 heavy (non-hydrogen) atoms. The van der Waals surface area contributed by atoms with Crippen molar-refractivity contribution in [3.8, 4) is 0 Å². The summed E-state index contributed by atoms with van der Waals surface area (Å²) in [5, 5.41) is 0.656. The smallest absolute Gasteiger partial charge is 0.00168 e. The van der Waals surface area contributed by atoms with Crippen LogP contribution in [0, 0.1) is 0 Å². The maximum absolute atomic E-state index is 4.85. The fourth-order valence-electron chi connectivity index (χ4n) is 4.80. The molecule has 0 aliphatic carbocycles. The molecule has 0 fully saturated rings. The fourth-order valence-corrected chi connectivity index (χ4v) is 5.39. The fraction of sp³-hybridized carbons (Fsp3) is 1.00. The summed E-state index contributed by atoms with van der Waals surface area (Å²) in [5.41, 5.74) is 0. The summed E-state index contributed by atoms with van der Waals surface area (Å²) >= 11 is 9.12. The van der Waals surface area contributed by atoms with Crippen molar-refractivity contribution in [2.45, 2.75) is 186 Å². The van der Waals surface area contributed by atoms with Crippen LogP contribution in [0.15, 0.2) is 0 Å². The third-order valence-corrected chi connectivity index (χ3v) is 7.92. The Morgan fingerprint density at radius 1 is 0.375 bits per heavy atom. The van der Waals surface area contributed by atoms with Crippen LogP contribution in [-0.4, -0.2) is 11.0 Å². The van der Waals surface area contributed by atoms with E-state index in [0.717, 1.165) is 5.75 Å². The standard InChI is InChI=1S/C30H62S2/c1-2-3-4-5-6-7-8-9-10-11-12-15-18-21-24-27-30(32)28-25-22-19-16-13-14-17-20-23-26-29-31/h30-32H,2-29H2,1H3. The van der Waals surface area contributed by atoms with E-state index in [1.54, 1.807) is 0 Å². The van der Waals surface area contributed by atoms with Crippen molar-refractivity contribution in [3.05, 3.63) is 0 Å². The predicted molar refractivity (Wildman–Crippen MR) is 157 cm³/mol. The molecule has 0 aliphatic heterocycles. The Labute approximate surface area is 216 Å². The zero-order valence-corrected chi connectivity index (χ0v) is 24.1. The second kappa shape index (κ2) is 29.7. The molecule has 194 valence electrons. The molecule has 0 aromatic carbocycles. The molecular formula is C30H62S2. The Morgan fingerprint density at radius 3 is 0.906 bits per heavy atom. The first kappa shape index (κ1) is 32.7. The lowest BCUT2D eigenvalue weighted by molar-refractivity contribution is 0.519. The van der Waals surface area contributed by atoms with Crippen molar-refractivity contribution in [1.82, 2.24) is 0 Å². The van der Waals surface area contributed by atoms with Crippen LogP contribution in [0.25, 0.3) is 0 Å². The van der Waals surface area contributed by atoms with Crippen molar-refractivity contribution < 1.29 is 0 Å². The zero-order valence-electron chi connectivity index (χ0n) is 22.3. The minimum Gasteiger partial charge on any atom is -0.179 e. The summed E-state index contributed by atoms with van der Waals surface area (Å²) < 4.78 is 0. The average molecular weight is 487 g/mol. The van der Waals surface area contributed by atoms with Crippen LogP contribution >= 0.6 is 25.3 Å². The molecule has 0 amide bonds. The third-order valence-electron chi connectivity index (χ3n) is 7.09. The Kier molecular flexibility index (Phi) is 30.4. The van der Waals surface area contributed by atoms with Crippen LogP contribution in [0.3, 0.4) is 0 Å². The Bertz CT molecular complexity index is 318. The molecule has 0 aromatic heterocycles. The molecule has 0 rings (SSSR count). The lowest BCUT2D eigenvalue weighted by Crippen LogP contribution is -1.98. The second-order valence-electron chi connectivity index (χ2n) is 10.4. The molecule has 0 N–H and O–H groups in total. The van der Waals surface area contributed by atoms with Gasteiger partial charge in [-0.1, -0.05) is 161 Å². The molecule has 1 atom stereocenters. The highest BCUT2D eigenvalue weighted by atomic mass is 32.1. The Balaban J connectivity index is 3.12. The van der Waals surface area contributed by atoms with Gasteiger partial charge in [-0.3, -0.25) is 0 Å². The summed E-state index contributed by atoms with van der Waals surface area (Å²) in [6.07, 6.45) is 38.6. The summed E-state index contributed by atoms with van der Waals surface area (Å²) in [6, 6.07) is 0. The SMILES string of the molecule is CCCCCCCCCCCCCCCCCC(S)CCCCCCCCCCCCS. The first-order valence-corrected chi connectivity index (χ1v) is 16.2. The van der Waals surface area contributed by atoms with Gasteiger partial charge in [0, 0.05) is 5.25 Å². The van der Waals surface area contributed by atoms with Gasteiger partial charge in [0.2, 0.25) is 0 Å². The highest BCUT2D eigenvalue weighted by Gasteiger charge is 2.03. The largest absolute Gasteiger partial charge is 0.179 e. The number of hydrogen-bond donors (Lipinski definition) is 2. The monoisotopic (exact) mass is 486 g/mol. The number of unbranched alkanes of at least 4 members (excludes halogenated alkanes) is 23. The van der Waals surface area contributed by atoms with Gasteiger partial charge in [-0.15, -0.1) is 0 Å². The van der Waals surface area contributed by atoms with Crippen LogP contribution in [-0.2, 0) is 0 Å². The van der Waals surface area contributed by atoms with Gasteiger partial charge in [-0.2, -0.15) is 25.3 Å². The second-order valence-corrected chi connectivity index (χ2v) is 11.6. The van der Waals surface area contributed by atoms with E-state index in [4.69, 9.17) is 12.6 Å². The normalized spacial score (nSPS) is 12.5. The quantitative estimate of drug-likeness (QED) is 0.0797. The van der Waals surface area contributed by atoms with E-state index in [0.29, 0.717) is 5.25 Å². The molecular weight excluding hydrogens is 424 g/mol. The van der Waals surface area contributed by atoms with E-state index in [1.165, 1.54) is 173 Å². The molecule has 0 radical (unpaired) electrons. The van der Waals surface area contributed by atoms with Crippen molar-refractivity contribution in [1.29, 1.82) is 0 Å². The van der Waals surface area contributed by atoms with Gasteiger partial charge in [0.05, 0.1) is 0 Å². The molecule has 0 spiro atoms. The van der Waals surface area contributed by atoms with Crippen molar-refractivity contribution >= 4 is 25.3 Å². The van der Waals surface area contributed by atoms with Crippen molar-refractivity contribution in [2.24, 2.45) is 0 Å². The van der Waals surface area contributed by atoms with E-state index >= 15 is 0 Å². The van der Waals surface area contributed by atoms with Gasteiger partial charge in [-0.25, -0.2) is 0 Å². The van der Waals surface area contributed by atoms with Crippen molar-refractivity contribution in [2.75, 3.05) is 5.75 Å². The third kappa shape index (κ3) is 28.7. The maximum Gasteiger partial charge on any atom is 0.00168 e. The number of hydrogen-bond acceptors (Lipinski definition) is 2. The summed E-state index contributed by atoms with van der Waals surface area (Å²) in [7, 11) is 0. The molecule has 2 heteroatoms. The van der Waals surface area contributed by atoms with Crippen LogP contribution in [0.1, 0.15) is 180 Å². The molecule has 0 nitrogen and oxygen atoms in total. The van der Waals surface area contributed by atoms with Gasteiger partial charge in [0.15, 0.2) is 0 Å². The molecule has 0 heterocycles. The molecule has 1 unspecified atom stereocenters. The first-order valence-electron chi connectivity index (χ1n) is 15.1.